The minimum Gasteiger partial charge on any atom is -0.438 e. The second-order valence-corrected chi connectivity index (χ2v) is 9.92. The van der Waals surface area contributed by atoms with E-state index in [-0.39, 0.29) is 19.3 Å². The number of nitrogens with zero attached hydrogens (tertiary/aromatic N) is 2. The molecule has 188 valence electrons. The van der Waals surface area contributed by atoms with Crippen molar-refractivity contribution in [3.8, 4) is 22.9 Å². The van der Waals surface area contributed by atoms with Gasteiger partial charge in [0.15, 0.2) is 5.03 Å². The van der Waals surface area contributed by atoms with Gasteiger partial charge in [0.25, 0.3) is 15.9 Å². The number of aryl methyl sites for hydroxylation is 3. The number of rotatable bonds is 7. The molecule has 0 unspecified atom stereocenters. The highest BCUT2D eigenvalue weighted by atomic mass is 32.2. The zero-order valence-electron chi connectivity index (χ0n) is 20.4. The number of ether oxygens (including phenoxy) is 1. The van der Waals surface area contributed by atoms with Gasteiger partial charge in [-0.05, 0) is 56.2 Å². The van der Waals surface area contributed by atoms with Gasteiger partial charge in [0, 0.05) is 15.5 Å². The van der Waals surface area contributed by atoms with Crippen LogP contribution in [0.3, 0.4) is 0 Å². The molecule has 4 aromatic rings. The Kier molecular flexibility index (Phi) is 7.03. The third-order valence-electron chi connectivity index (χ3n) is 5.46. The third-order valence-corrected chi connectivity index (χ3v) is 6.69. The summed E-state index contributed by atoms with van der Waals surface area (Å²) in [7, 11) is -2.63. The van der Waals surface area contributed by atoms with Gasteiger partial charge >= 0.3 is 0 Å². The van der Waals surface area contributed by atoms with Crippen LogP contribution in [-0.4, -0.2) is 31.3 Å². The summed E-state index contributed by atoms with van der Waals surface area (Å²) in [4.78, 5) is 21.8. The fraction of sp³-hybridized carbons (Fsp3) is 0.148. The second kappa shape index (κ2) is 10.2. The number of pyridine rings is 2. The highest BCUT2D eigenvalue weighted by molar-refractivity contribution is 7.90. The van der Waals surface area contributed by atoms with Gasteiger partial charge in [0.05, 0.1) is 5.69 Å². The van der Waals surface area contributed by atoms with E-state index in [1.807, 2.05) is 63.2 Å². The molecule has 0 saturated heterocycles. The van der Waals surface area contributed by atoms with Gasteiger partial charge in [-0.2, -0.15) is 8.42 Å². The molecule has 2 aromatic carbocycles. The Morgan fingerprint density at radius 2 is 1.58 bits per heavy atom. The third kappa shape index (κ3) is 5.36. The maximum absolute atomic E-state index is 13.2. The Labute approximate surface area is 213 Å². The van der Waals surface area contributed by atoms with E-state index in [0.29, 0.717) is 17.3 Å². The molecule has 0 spiro atoms. The summed E-state index contributed by atoms with van der Waals surface area (Å²) in [5.41, 5.74) is 4.19. The lowest BCUT2D eigenvalue weighted by molar-refractivity contribution is 0.0978. The molecule has 0 fully saturated rings. The molecule has 9 heteroatoms. The van der Waals surface area contributed by atoms with Gasteiger partial charge in [-0.25, -0.2) is 14.7 Å². The van der Waals surface area contributed by atoms with Crippen LogP contribution in [0.15, 0.2) is 77.8 Å². The van der Waals surface area contributed by atoms with Crippen molar-refractivity contribution >= 4 is 21.7 Å². The SMILES string of the molecule is CNc1cccc(S(=O)(=O)NC(=O)c2ccc(-c3ccccc3)nc2Oc2c(C)cc(C)cc2C)n1.[HH].[HH]. The first-order valence-corrected chi connectivity index (χ1v) is 12.7. The normalized spacial score (nSPS) is 11.1. The average molecular weight is 507 g/mol. The van der Waals surface area contributed by atoms with Crippen molar-refractivity contribution in [1.29, 1.82) is 0 Å². The first-order chi connectivity index (χ1) is 17.2. The number of carbonyl (C=O) groups excluding carboxylic acids is 1. The Morgan fingerprint density at radius 3 is 2.25 bits per heavy atom. The van der Waals surface area contributed by atoms with E-state index in [1.54, 1.807) is 19.2 Å². The van der Waals surface area contributed by atoms with E-state index in [1.165, 1.54) is 18.2 Å². The molecule has 36 heavy (non-hydrogen) atoms. The maximum atomic E-state index is 13.2. The van der Waals surface area contributed by atoms with Crippen LogP contribution in [-0.2, 0) is 10.0 Å². The number of benzene rings is 2. The zero-order valence-corrected chi connectivity index (χ0v) is 21.2. The van der Waals surface area contributed by atoms with Crippen LogP contribution in [0.1, 0.15) is 29.9 Å². The van der Waals surface area contributed by atoms with Gasteiger partial charge in [-0.3, -0.25) is 4.79 Å². The lowest BCUT2D eigenvalue weighted by Crippen LogP contribution is -2.31. The number of hydrogen-bond acceptors (Lipinski definition) is 7. The van der Waals surface area contributed by atoms with E-state index in [4.69, 9.17) is 4.74 Å². The second-order valence-electron chi connectivity index (χ2n) is 8.29. The largest absolute Gasteiger partial charge is 0.438 e. The van der Waals surface area contributed by atoms with Crippen LogP contribution in [0.25, 0.3) is 11.3 Å². The van der Waals surface area contributed by atoms with Crippen LogP contribution in [0.4, 0.5) is 5.82 Å². The molecule has 2 heterocycles. The fourth-order valence-electron chi connectivity index (χ4n) is 3.82. The number of amides is 1. The molecular formula is C27H30N4O4S. The number of carbonyl (C=O) groups is 1. The molecule has 2 N–H and O–H groups in total. The molecule has 8 nitrogen and oxygen atoms in total. The van der Waals surface area contributed by atoms with Crippen LogP contribution in [0, 0.1) is 20.8 Å². The van der Waals surface area contributed by atoms with Gasteiger partial charge in [0.1, 0.15) is 17.1 Å². The summed E-state index contributed by atoms with van der Waals surface area (Å²) in [6, 6.07) is 21.0. The molecule has 0 aliphatic heterocycles. The number of nitrogens with one attached hydrogen (secondary N) is 2. The first kappa shape index (κ1) is 24.9. The Bertz CT molecular complexity index is 1530. The van der Waals surface area contributed by atoms with E-state index in [9.17, 15) is 13.2 Å². The summed E-state index contributed by atoms with van der Waals surface area (Å²) in [6.45, 7) is 5.79. The topological polar surface area (TPSA) is 110 Å². The van der Waals surface area contributed by atoms with Gasteiger partial charge in [-0.1, -0.05) is 54.1 Å². The lowest BCUT2D eigenvalue weighted by atomic mass is 10.1. The van der Waals surface area contributed by atoms with Crippen molar-refractivity contribution < 1.29 is 20.8 Å². The molecule has 0 saturated carbocycles. The first-order valence-electron chi connectivity index (χ1n) is 11.2. The van der Waals surface area contributed by atoms with E-state index >= 15 is 0 Å². The van der Waals surface area contributed by atoms with Gasteiger partial charge in [0.2, 0.25) is 5.88 Å². The summed E-state index contributed by atoms with van der Waals surface area (Å²) in [5, 5.41) is 2.49. The molecule has 1 amide bonds. The fourth-order valence-corrected chi connectivity index (χ4v) is 4.75. The van der Waals surface area contributed by atoms with E-state index in [2.05, 4.69) is 20.0 Å². The molecular weight excluding hydrogens is 476 g/mol. The molecule has 0 bridgehead atoms. The van der Waals surface area contributed by atoms with Crippen LogP contribution in [0.5, 0.6) is 11.6 Å². The molecule has 4 rings (SSSR count). The number of anilines is 1. The van der Waals surface area contributed by atoms with Crippen molar-refractivity contribution in [3.63, 3.8) is 0 Å². The standard InChI is InChI=1S/C27H26N4O4S.2H2/c1-17-15-18(2)25(19(3)16-17)35-27-21(13-14-22(29-27)20-9-6-5-7-10-20)26(32)31-36(33,34)24-12-8-11-23(28-4)30-24;;/h5-16H,1-4H3,(H,28,30)(H,31,32);2*1H. The Balaban J connectivity index is 0.00000253. The highest BCUT2D eigenvalue weighted by Crippen LogP contribution is 2.32. The number of aromatic nitrogens is 2. The van der Waals surface area contributed by atoms with Crippen molar-refractivity contribution in [3.05, 3.63) is 95.1 Å². The predicted octanol–water partition coefficient (Wildman–Crippen LogP) is 5.51. The molecule has 0 atom stereocenters. The van der Waals surface area contributed by atoms with Crippen molar-refractivity contribution in [2.75, 3.05) is 12.4 Å². The highest BCUT2D eigenvalue weighted by Gasteiger charge is 2.25. The molecule has 2 aromatic heterocycles. The summed E-state index contributed by atoms with van der Waals surface area (Å²) >= 11 is 0. The zero-order chi connectivity index (χ0) is 25.9. The summed E-state index contributed by atoms with van der Waals surface area (Å²) in [5.74, 6) is 0.0272. The minimum atomic E-state index is -4.25. The molecule has 0 radical (unpaired) electrons. The minimum absolute atomic E-state index is 0. The van der Waals surface area contributed by atoms with Crippen molar-refractivity contribution in [2.45, 2.75) is 25.8 Å². The predicted molar refractivity (Wildman–Crippen MR) is 143 cm³/mol. The summed E-state index contributed by atoms with van der Waals surface area (Å²) in [6.07, 6.45) is 0. The van der Waals surface area contributed by atoms with E-state index in [0.717, 1.165) is 22.3 Å². The average Bonchev–Trinajstić information content (AvgIpc) is 2.86. The monoisotopic (exact) mass is 506 g/mol. The molecule has 0 aliphatic carbocycles. The Morgan fingerprint density at radius 1 is 0.889 bits per heavy atom. The maximum Gasteiger partial charge on any atom is 0.281 e. The summed E-state index contributed by atoms with van der Waals surface area (Å²) < 4.78 is 34.1. The van der Waals surface area contributed by atoms with Crippen LogP contribution >= 0.6 is 0 Å². The van der Waals surface area contributed by atoms with Crippen LogP contribution in [0.2, 0.25) is 0 Å². The quantitative estimate of drug-likeness (QED) is 0.340. The van der Waals surface area contributed by atoms with E-state index < -0.39 is 15.9 Å². The smallest absolute Gasteiger partial charge is 0.281 e. The van der Waals surface area contributed by atoms with Crippen molar-refractivity contribution in [2.24, 2.45) is 0 Å². The molecule has 0 aliphatic rings. The Hall–Kier alpha value is -4.24. The number of hydrogen-bond donors (Lipinski definition) is 2. The van der Waals surface area contributed by atoms with Gasteiger partial charge < -0.3 is 10.1 Å². The number of sulfonamides is 1. The lowest BCUT2D eigenvalue weighted by Gasteiger charge is -2.16. The van der Waals surface area contributed by atoms with Gasteiger partial charge in [-0.15, -0.1) is 0 Å². The van der Waals surface area contributed by atoms with Crippen molar-refractivity contribution in [1.82, 2.24) is 14.7 Å². The van der Waals surface area contributed by atoms with Crippen LogP contribution < -0.4 is 14.8 Å².